The van der Waals surface area contributed by atoms with Crippen molar-refractivity contribution in [3.8, 4) is 0 Å². The molecule has 5 nitrogen and oxygen atoms in total. The van der Waals surface area contributed by atoms with Crippen molar-refractivity contribution in [3.63, 3.8) is 0 Å². The lowest BCUT2D eigenvalue weighted by molar-refractivity contribution is -0.131. The van der Waals surface area contributed by atoms with E-state index in [4.69, 9.17) is 16.3 Å². The zero-order valence-electron chi connectivity index (χ0n) is 16.0. The summed E-state index contributed by atoms with van der Waals surface area (Å²) >= 11 is 5.89. The van der Waals surface area contributed by atoms with Crippen molar-refractivity contribution in [1.29, 1.82) is 0 Å². The molecular weight excluding hydrogens is 390 g/mol. The number of amides is 2. The molecule has 1 saturated heterocycles. The molecule has 2 N–H and O–H groups in total. The van der Waals surface area contributed by atoms with Gasteiger partial charge in [-0.3, -0.25) is 9.59 Å². The number of carbonyl (C=O) groups excluding carboxylic acids is 2. The number of benzene rings is 1. The zero-order valence-corrected chi connectivity index (χ0v) is 16.7. The van der Waals surface area contributed by atoms with Crippen LogP contribution in [-0.4, -0.2) is 30.6 Å². The highest BCUT2D eigenvalue weighted by molar-refractivity contribution is 6.30. The second-order valence-electron chi connectivity index (χ2n) is 8.01. The molecule has 1 aliphatic carbocycles. The molecule has 0 radical (unpaired) electrons. The third-order valence-corrected chi connectivity index (χ3v) is 6.09. The molecule has 3 atom stereocenters. The molecule has 2 fully saturated rings. The quantitative estimate of drug-likeness (QED) is 0.723. The minimum atomic E-state index is -0.857. The fourth-order valence-electron chi connectivity index (χ4n) is 4.31. The van der Waals surface area contributed by atoms with E-state index in [1.807, 2.05) is 6.92 Å². The van der Waals surface area contributed by atoms with Gasteiger partial charge in [0.1, 0.15) is 17.7 Å². The van der Waals surface area contributed by atoms with Crippen molar-refractivity contribution >= 4 is 23.4 Å². The van der Waals surface area contributed by atoms with Gasteiger partial charge in [0, 0.05) is 18.9 Å². The molecule has 0 spiro atoms. The van der Waals surface area contributed by atoms with Crippen LogP contribution in [0.2, 0.25) is 5.02 Å². The average molecular weight is 415 g/mol. The molecule has 1 aromatic rings. The maximum absolute atomic E-state index is 14.8. The molecule has 1 saturated carbocycles. The summed E-state index contributed by atoms with van der Waals surface area (Å²) in [5.41, 5.74) is -0.695. The van der Waals surface area contributed by atoms with Crippen LogP contribution in [0.3, 0.4) is 0 Å². The van der Waals surface area contributed by atoms with Crippen molar-refractivity contribution in [2.45, 2.75) is 64.1 Å². The van der Waals surface area contributed by atoms with Gasteiger partial charge in [-0.25, -0.2) is 8.78 Å². The van der Waals surface area contributed by atoms with E-state index >= 15 is 0 Å². The van der Waals surface area contributed by atoms with Gasteiger partial charge in [0.15, 0.2) is 0 Å². The van der Waals surface area contributed by atoms with Crippen LogP contribution in [0, 0.1) is 17.0 Å². The van der Waals surface area contributed by atoms with Crippen molar-refractivity contribution in [2.24, 2.45) is 5.41 Å². The van der Waals surface area contributed by atoms with E-state index < -0.39 is 35.1 Å². The van der Waals surface area contributed by atoms with Gasteiger partial charge < -0.3 is 15.4 Å². The van der Waals surface area contributed by atoms with Crippen molar-refractivity contribution < 1.29 is 23.1 Å². The van der Waals surface area contributed by atoms with E-state index in [0.29, 0.717) is 6.42 Å². The van der Waals surface area contributed by atoms with E-state index in [-0.39, 0.29) is 29.1 Å². The highest BCUT2D eigenvalue weighted by atomic mass is 35.5. The van der Waals surface area contributed by atoms with Crippen LogP contribution in [-0.2, 0) is 14.3 Å². The number of nitrogens with one attached hydrogen (secondary N) is 2. The summed E-state index contributed by atoms with van der Waals surface area (Å²) in [5, 5.41) is 5.36. The lowest BCUT2D eigenvalue weighted by atomic mass is 9.76. The Kier molecular flexibility index (Phi) is 6.25. The smallest absolute Gasteiger partial charge is 0.249 e. The number of rotatable bonds is 5. The number of ether oxygens (including phenoxy) is 1. The Morgan fingerprint density at radius 2 is 1.96 bits per heavy atom. The van der Waals surface area contributed by atoms with Gasteiger partial charge in [-0.05, 0) is 30.4 Å². The third kappa shape index (κ3) is 4.30. The van der Waals surface area contributed by atoms with E-state index in [9.17, 15) is 18.4 Å². The van der Waals surface area contributed by atoms with E-state index in [2.05, 4.69) is 10.6 Å². The first-order valence-corrected chi connectivity index (χ1v) is 9.91. The normalized spacial score (nSPS) is 24.8. The van der Waals surface area contributed by atoms with E-state index in [0.717, 1.165) is 31.7 Å². The Morgan fingerprint density at radius 3 is 2.61 bits per heavy atom. The zero-order chi connectivity index (χ0) is 20.5. The number of hydrogen-bond acceptors (Lipinski definition) is 3. The highest BCUT2D eigenvalue weighted by Crippen LogP contribution is 2.48. The molecule has 1 heterocycles. The molecule has 1 aromatic carbocycles. The first kappa shape index (κ1) is 21.0. The predicted octanol–water partition coefficient (Wildman–Crippen LogP) is 3.65. The third-order valence-electron chi connectivity index (χ3n) is 5.79. The van der Waals surface area contributed by atoms with Gasteiger partial charge >= 0.3 is 0 Å². The average Bonchev–Trinajstić information content (AvgIpc) is 3.27. The van der Waals surface area contributed by atoms with Gasteiger partial charge in [0.2, 0.25) is 11.8 Å². The van der Waals surface area contributed by atoms with Gasteiger partial charge in [0.05, 0.1) is 23.7 Å². The molecule has 1 aliphatic heterocycles. The van der Waals surface area contributed by atoms with Crippen LogP contribution in [0.4, 0.5) is 8.78 Å². The standard InChI is InChI=1S/C20H25ClF2N2O3/c1-11(26)24-12-9-15(28-10-12)19(27)25-18(20(2)7-3-4-8-20)16-14(22)6-5-13(21)17(16)23/h5-6,12,15,18H,3-4,7-10H2,1-2H3,(H,24,26)(H,25,27)/t12-,15-,18-/m1/s1. The summed E-state index contributed by atoms with van der Waals surface area (Å²) in [7, 11) is 0. The maximum Gasteiger partial charge on any atom is 0.249 e. The van der Waals surface area contributed by atoms with Crippen molar-refractivity contribution in [3.05, 3.63) is 34.4 Å². The number of halogens is 3. The summed E-state index contributed by atoms with van der Waals surface area (Å²) < 4.78 is 34.9. The summed E-state index contributed by atoms with van der Waals surface area (Å²) in [4.78, 5) is 24.0. The van der Waals surface area contributed by atoms with Crippen LogP contribution in [0.1, 0.15) is 57.6 Å². The van der Waals surface area contributed by atoms with Crippen LogP contribution < -0.4 is 10.6 Å². The summed E-state index contributed by atoms with van der Waals surface area (Å²) in [6.45, 7) is 3.55. The summed E-state index contributed by atoms with van der Waals surface area (Å²) in [5.74, 6) is -2.22. The second-order valence-corrected chi connectivity index (χ2v) is 8.42. The fraction of sp³-hybridized carbons (Fsp3) is 0.600. The Morgan fingerprint density at radius 1 is 1.29 bits per heavy atom. The van der Waals surface area contributed by atoms with Gasteiger partial charge in [-0.2, -0.15) is 0 Å². The molecule has 0 aromatic heterocycles. The molecule has 3 rings (SSSR count). The van der Waals surface area contributed by atoms with Gasteiger partial charge in [-0.15, -0.1) is 0 Å². The number of carbonyl (C=O) groups is 2. The van der Waals surface area contributed by atoms with E-state index in [1.165, 1.54) is 13.0 Å². The van der Waals surface area contributed by atoms with Crippen molar-refractivity contribution in [2.75, 3.05) is 6.61 Å². The van der Waals surface area contributed by atoms with Gasteiger partial charge in [0.25, 0.3) is 0 Å². The second kappa shape index (κ2) is 8.33. The topological polar surface area (TPSA) is 67.4 Å². The van der Waals surface area contributed by atoms with Crippen LogP contribution in [0.5, 0.6) is 0 Å². The monoisotopic (exact) mass is 414 g/mol. The van der Waals surface area contributed by atoms with Crippen LogP contribution in [0.15, 0.2) is 12.1 Å². The van der Waals surface area contributed by atoms with Gasteiger partial charge in [-0.1, -0.05) is 31.4 Å². The first-order valence-electron chi connectivity index (χ1n) is 9.54. The van der Waals surface area contributed by atoms with Crippen LogP contribution in [0.25, 0.3) is 0 Å². The van der Waals surface area contributed by atoms with Crippen LogP contribution >= 0.6 is 11.6 Å². The fourth-order valence-corrected chi connectivity index (χ4v) is 4.47. The molecule has 8 heteroatoms. The summed E-state index contributed by atoms with van der Waals surface area (Å²) in [6.07, 6.45) is 2.87. The molecule has 0 unspecified atom stereocenters. The lowest BCUT2D eigenvalue weighted by Crippen LogP contribution is -2.44. The van der Waals surface area contributed by atoms with E-state index in [1.54, 1.807) is 0 Å². The Hall–Kier alpha value is -1.73. The highest BCUT2D eigenvalue weighted by Gasteiger charge is 2.43. The molecule has 2 amide bonds. The molecule has 154 valence electrons. The minimum absolute atomic E-state index is 0.180. The molecule has 0 bridgehead atoms. The SMILES string of the molecule is CC(=O)N[C@H]1CO[C@@H](C(=O)N[C@H](c2c(F)ccc(Cl)c2F)C2(C)CCCC2)C1. The Balaban J connectivity index is 1.84. The predicted molar refractivity (Wildman–Crippen MR) is 101 cm³/mol. The Bertz CT molecular complexity index is 768. The molecular formula is C20H25ClF2N2O3. The lowest BCUT2D eigenvalue weighted by Gasteiger charge is -2.36. The largest absolute Gasteiger partial charge is 0.366 e. The molecule has 2 aliphatic rings. The molecule has 28 heavy (non-hydrogen) atoms. The Labute approximate surface area is 168 Å². The first-order chi connectivity index (χ1) is 13.2. The number of hydrogen-bond donors (Lipinski definition) is 2. The van der Waals surface area contributed by atoms with Crippen molar-refractivity contribution in [1.82, 2.24) is 10.6 Å². The summed E-state index contributed by atoms with van der Waals surface area (Å²) in [6, 6.07) is 1.18. The minimum Gasteiger partial charge on any atom is -0.366 e. The maximum atomic E-state index is 14.8.